The predicted octanol–water partition coefficient (Wildman–Crippen LogP) is 2.80. The standard InChI is InChI=1S/C14H28O4/c1-7-16-11(13(15)18-9-3)10-12(17-8-2)14(4,5)6/h11-12H,7-10H2,1-6H3. The van der Waals surface area contributed by atoms with Gasteiger partial charge < -0.3 is 14.2 Å². The van der Waals surface area contributed by atoms with E-state index in [1.165, 1.54) is 0 Å². The van der Waals surface area contributed by atoms with Crippen LogP contribution in [0.3, 0.4) is 0 Å². The number of esters is 1. The zero-order valence-corrected chi connectivity index (χ0v) is 12.6. The van der Waals surface area contributed by atoms with Gasteiger partial charge in [0.1, 0.15) is 0 Å². The highest BCUT2D eigenvalue weighted by molar-refractivity contribution is 5.74. The van der Waals surface area contributed by atoms with Crippen LogP contribution in [0.4, 0.5) is 0 Å². The Labute approximate surface area is 111 Å². The molecule has 0 aliphatic heterocycles. The highest BCUT2D eigenvalue weighted by atomic mass is 16.6. The number of hydrogen-bond donors (Lipinski definition) is 0. The molecule has 2 unspecified atom stereocenters. The van der Waals surface area contributed by atoms with Gasteiger partial charge in [-0.05, 0) is 26.2 Å². The average Bonchev–Trinajstić information content (AvgIpc) is 2.26. The maximum absolute atomic E-state index is 11.8. The number of carbonyl (C=O) groups is 1. The Morgan fingerprint density at radius 3 is 1.94 bits per heavy atom. The summed E-state index contributed by atoms with van der Waals surface area (Å²) in [5.41, 5.74) is -0.0299. The second-order valence-electron chi connectivity index (χ2n) is 5.24. The number of hydrogen-bond acceptors (Lipinski definition) is 4. The number of rotatable bonds is 8. The van der Waals surface area contributed by atoms with Gasteiger partial charge in [0.15, 0.2) is 6.10 Å². The first kappa shape index (κ1) is 17.4. The minimum atomic E-state index is -0.536. The van der Waals surface area contributed by atoms with Crippen LogP contribution in [0, 0.1) is 5.41 Å². The highest BCUT2D eigenvalue weighted by Gasteiger charge is 2.32. The molecule has 2 atom stereocenters. The summed E-state index contributed by atoms with van der Waals surface area (Å²) in [7, 11) is 0. The fourth-order valence-electron chi connectivity index (χ4n) is 1.74. The lowest BCUT2D eigenvalue weighted by atomic mass is 9.85. The SMILES string of the molecule is CCOC(=O)C(CC(OCC)C(C)(C)C)OCC. The Hall–Kier alpha value is -0.610. The Balaban J connectivity index is 4.65. The first-order chi connectivity index (χ1) is 8.36. The van der Waals surface area contributed by atoms with E-state index < -0.39 is 6.10 Å². The Bertz CT molecular complexity index is 232. The molecule has 0 aromatic carbocycles. The van der Waals surface area contributed by atoms with Gasteiger partial charge in [-0.3, -0.25) is 0 Å². The van der Waals surface area contributed by atoms with E-state index in [-0.39, 0.29) is 17.5 Å². The molecule has 0 saturated heterocycles. The fourth-order valence-corrected chi connectivity index (χ4v) is 1.74. The fraction of sp³-hybridized carbons (Fsp3) is 0.929. The summed E-state index contributed by atoms with van der Waals surface area (Å²) in [6.07, 6.45) is -0.0292. The lowest BCUT2D eigenvalue weighted by molar-refractivity contribution is -0.160. The molecule has 0 rings (SSSR count). The summed E-state index contributed by atoms with van der Waals surface area (Å²) in [5.74, 6) is -0.298. The van der Waals surface area contributed by atoms with Crippen LogP contribution in [0.5, 0.6) is 0 Å². The average molecular weight is 260 g/mol. The molecule has 18 heavy (non-hydrogen) atoms. The van der Waals surface area contributed by atoms with E-state index in [1.807, 2.05) is 13.8 Å². The first-order valence-electron chi connectivity index (χ1n) is 6.76. The maximum atomic E-state index is 11.8. The van der Waals surface area contributed by atoms with Gasteiger partial charge in [0.25, 0.3) is 0 Å². The lowest BCUT2D eigenvalue weighted by Crippen LogP contribution is -2.38. The van der Waals surface area contributed by atoms with Crippen molar-refractivity contribution < 1.29 is 19.0 Å². The molecule has 0 aliphatic rings. The van der Waals surface area contributed by atoms with Crippen molar-refractivity contribution in [1.82, 2.24) is 0 Å². The van der Waals surface area contributed by atoms with Crippen molar-refractivity contribution in [1.29, 1.82) is 0 Å². The van der Waals surface area contributed by atoms with Crippen LogP contribution >= 0.6 is 0 Å². The third kappa shape index (κ3) is 6.36. The van der Waals surface area contributed by atoms with Gasteiger partial charge >= 0.3 is 5.97 Å². The van der Waals surface area contributed by atoms with Crippen LogP contribution in [-0.4, -0.2) is 38.0 Å². The zero-order valence-electron chi connectivity index (χ0n) is 12.6. The maximum Gasteiger partial charge on any atom is 0.335 e. The lowest BCUT2D eigenvalue weighted by Gasteiger charge is -2.32. The molecular weight excluding hydrogens is 232 g/mol. The van der Waals surface area contributed by atoms with Crippen molar-refractivity contribution >= 4 is 5.97 Å². The molecule has 0 radical (unpaired) electrons. The third-order valence-electron chi connectivity index (χ3n) is 2.68. The van der Waals surface area contributed by atoms with Crippen LogP contribution in [0.1, 0.15) is 48.0 Å². The van der Waals surface area contributed by atoms with Gasteiger partial charge in [-0.25, -0.2) is 4.79 Å². The van der Waals surface area contributed by atoms with Crippen LogP contribution in [0.2, 0.25) is 0 Å². The third-order valence-corrected chi connectivity index (χ3v) is 2.68. The van der Waals surface area contributed by atoms with E-state index >= 15 is 0 Å². The zero-order chi connectivity index (χ0) is 14.2. The first-order valence-corrected chi connectivity index (χ1v) is 6.76. The van der Waals surface area contributed by atoms with Gasteiger partial charge in [-0.1, -0.05) is 20.8 Å². The van der Waals surface area contributed by atoms with E-state index in [4.69, 9.17) is 14.2 Å². The van der Waals surface area contributed by atoms with Crippen LogP contribution < -0.4 is 0 Å². The van der Waals surface area contributed by atoms with Gasteiger partial charge in [-0.15, -0.1) is 0 Å². The monoisotopic (exact) mass is 260 g/mol. The largest absolute Gasteiger partial charge is 0.464 e. The number of ether oxygens (including phenoxy) is 3. The minimum absolute atomic E-state index is 0.0246. The summed E-state index contributed by atoms with van der Waals surface area (Å²) in [6.45, 7) is 13.4. The molecule has 0 N–H and O–H groups in total. The molecule has 0 heterocycles. The van der Waals surface area contributed by atoms with Crippen molar-refractivity contribution in [3.63, 3.8) is 0 Å². The summed E-state index contributed by atoms with van der Waals surface area (Å²) >= 11 is 0. The molecule has 0 aliphatic carbocycles. The highest BCUT2D eigenvalue weighted by Crippen LogP contribution is 2.27. The normalized spacial score (nSPS) is 15.2. The molecule has 4 heteroatoms. The van der Waals surface area contributed by atoms with Crippen molar-refractivity contribution in [3.05, 3.63) is 0 Å². The van der Waals surface area contributed by atoms with E-state index in [1.54, 1.807) is 6.92 Å². The van der Waals surface area contributed by atoms with E-state index in [0.29, 0.717) is 26.2 Å². The van der Waals surface area contributed by atoms with Gasteiger partial charge in [-0.2, -0.15) is 0 Å². The molecule has 4 nitrogen and oxygen atoms in total. The van der Waals surface area contributed by atoms with Crippen LogP contribution in [-0.2, 0) is 19.0 Å². The number of carbonyl (C=O) groups excluding carboxylic acids is 1. The van der Waals surface area contributed by atoms with Crippen LogP contribution in [0.15, 0.2) is 0 Å². The molecule has 0 saturated carbocycles. The second-order valence-corrected chi connectivity index (χ2v) is 5.24. The second kappa shape index (κ2) is 8.48. The van der Waals surface area contributed by atoms with E-state index in [2.05, 4.69) is 20.8 Å². The molecule has 0 fully saturated rings. The molecule has 0 aromatic rings. The summed E-state index contributed by atoms with van der Waals surface area (Å²) in [6, 6.07) is 0. The van der Waals surface area contributed by atoms with E-state index in [9.17, 15) is 4.79 Å². The van der Waals surface area contributed by atoms with Crippen molar-refractivity contribution in [2.45, 2.75) is 60.2 Å². The quantitative estimate of drug-likeness (QED) is 0.629. The van der Waals surface area contributed by atoms with Gasteiger partial charge in [0, 0.05) is 19.6 Å². The van der Waals surface area contributed by atoms with Crippen molar-refractivity contribution in [3.8, 4) is 0 Å². The van der Waals surface area contributed by atoms with Crippen molar-refractivity contribution in [2.75, 3.05) is 19.8 Å². The summed E-state index contributed by atoms with van der Waals surface area (Å²) in [4.78, 5) is 11.8. The Kier molecular flexibility index (Phi) is 8.20. The van der Waals surface area contributed by atoms with Gasteiger partial charge in [0.05, 0.1) is 12.7 Å². The topological polar surface area (TPSA) is 44.8 Å². The molecule has 0 amide bonds. The molecule has 0 spiro atoms. The molecule has 0 aromatic heterocycles. The minimum Gasteiger partial charge on any atom is -0.464 e. The predicted molar refractivity (Wildman–Crippen MR) is 71.5 cm³/mol. The molecular formula is C14H28O4. The molecule has 0 bridgehead atoms. The smallest absolute Gasteiger partial charge is 0.335 e. The van der Waals surface area contributed by atoms with E-state index in [0.717, 1.165) is 0 Å². The molecule has 108 valence electrons. The van der Waals surface area contributed by atoms with Gasteiger partial charge in [0.2, 0.25) is 0 Å². The Morgan fingerprint density at radius 2 is 1.56 bits per heavy atom. The summed E-state index contributed by atoms with van der Waals surface area (Å²) in [5, 5.41) is 0. The summed E-state index contributed by atoms with van der Waals surface area (Å²) < 4.78 is 16.2. The van der Waals surface area contributed by atoms with Crippen LogP contribution in [0.25, 0.3) is 0 Å². The Morgan fingerprint density at radius 1 is 1.00 bits per heavy atom. The van der Waals surface area contributed by atoms with Crippen molar-refractivity contribution in [2.24, 2.45) is 5.41 Å².